The van der Waals surface area contributed by atoms with Crippen LogP contribution in [0.25, 0.3) is 0 Å². The van der Waals surface area contributed by atoms with Crippen LogP contribution in [0.5, 0.6) is 0 Å². The summed E-state index contributed by atoms with van der Waals surface area (Å²) in [6, 6.07) is 3.37. The van der Waals surface area contributed by atoms with Crippen LogP contribution in [0.4, 0.5) is 14.5 Å². The first-order chi connectivity index (χ1) is 6.74. The van der Waals surface area contributed by atoms with Crippen LogP contribution in [0.15, 0.2) is 18.2 Å². The zero-order chi connectivity index (χ0) is 10.4. The van der Waals surface area contributed by atoms with Gasteiger partial charge >= 0.3 is 0 Å². The van der Waals surface area contributed by atoms with E-state index < -0.39 is 11.6 Å². The van der Waals surface area contributed by atoms with E-state index in [2.05, 4.69) is 10.6 Å². The highest BCUT2D eigenvalue weighted by atomic mass is 19.1. The van der Waals surface area contributed by atoms with Crippen molar-refractivity contribution in [2.24, 2.45) is 0 Å². The topological polar surface area (TPSA) is 24.1 Å². The van der Waals surface area contributed by atoms with Gasteiger partial charge in [0.05, 0.1) is 5.69 Å². The van der Waals surface area contributed by atoms with Gasteiger partial charge < -0.3 is 10.6 Å². The van der Waals surface area contributed by atoms with Gasteiger partial charge in [0.1, 0.15) is 11.6 Å². The molecule has 2 nitrogen and oxygen atoms in total. The second kappa shape index (κ2) is 5.54. The van der Waals surface area contributed by atoms with Gasteiger partial charge in [-0.3, -0.25) is 0 Å². The van der Waals surface area contributed by atoms with Crippen molar-refractivity contribution in [3.05, 3.63) is 29.8 Å². The third-order valence-electron chi connectivity index (χ3n) is 1.80. The lowest BCUT2D eigenvalue weighted by Gasteiger charge is -2.07. The summed E-state index contributed by atoms with van der Waals surface area (Å²) in [5, 5.41) is 5.88. The molecule has 0 unspecified atom stereocenters. The number of hydrogen-bond donors (Lipinski definition) is 2. The average Bonchev–Trinajstić information content (AvgIpc) is 2.18. The molecule has 0 aliphatic rings. The molecule has 0 spiro atoms. The number of benzene rings is 1. The molecular weight excluding hydrogens is 186 g/mol. The molecule has 0 atom stereocenters. The molecule has 0 aliphatic carbocycles. The number of likely N-dealkylation sites (N-methyl/N-ethyl adjacent to an activating group) is 1. The summed E-state index contributed by atoms with van der Waals surface area (Å²) in [4.78, 5) is 0. The minimum absolute atomic E-state index is 0.211. The Morgan fingerprint density at radius 1 is 1.21 bits per heavy atom. The fraction of sp³-hybridized carbons (Fsp3) is 0.400. The number of nitrogens with one attached hydrogen (secondary N) is 2. The lowest BCUT2D eigenvalue weighted by molar-refractivity contribution is 0.601. The zero-order valence-electron chi connectivity index (χ0n) is 8.11. The highest BCUT2D eigenvalue weighted by Gasteiger charge is 2.01. The van der Waals surface area contributed by atoms with E-state index in [1.54, 1.807) is 0 Å². The molecule has 1 rings (SSSR count). The summed E-state index contributed by atoms with van der Waals surface area (Å²) < 4.78 is 25.7. The van der Waals surface area contributed by atoms with Crippen molar-refractivity contribution in [2.45, 2.75) is 6.92 Å². The molecule has 78 valence electrons. The molecule has 0 amide bonds. The number of anilines is 1. The standard InChI is InChI=1S/C10H14F2N2/c1-2-13-5-6-14-10-7-8(11)3-4-9(10)12/h3-4,7,13-14H,2,5-6H2,1H3. The molecular formula is C10H14F2N2. The number of halogens is 2. The van der Waals surface area contributed by atoms with Crippen molar-refractivity contribution in [3.8, 4) is 0 Å². The summed E-state index contributed by atoms with van der Waals surface area (Å²) >= 11 is 0. The average molecular weight is 200 g/mol. The Bertz CT molecular complexity index is 289. The van der Waals surface area contributed by atoms with E-state index in [4.69, 9.17) is 0 Å². The van der Waals surface area contributed by atoms with Crippen LogP contribution < -0.4 is 10.6 Å². The van der Waals surface area contributed by atoms with Crippen LogP contribution in [0.3, 0.4) is 0 Å². The first-order valence-electron chi connectivity index (χ1n) is 4.63. The van der Waals surface area contributed by atoms with Crippen molar-refractivity contribution < 1.29 is 8.78 Å². The van der Waals surface area contributed by atoms with Crippen LogP contribution in [-0.2, 0) is 0 Å². The number of rotatable bonds is 5. The second-order valence-electron chi connectivity index (χ2n) is 2.90. The fourth-order valence-electron chi connectivity index (χ4n) is 1.10. The van der Waals surface area contributed by atoms with Crippen LogP contribution in [0, 0.1) is 11.6 Å². The molecule has 0 aromatic heterocycles. The quantitative estimate of drug-likeness (QED) is 0.710. The van der Waals surface area contributed by atoms with Gasteiger partial charge in [-0.15, -0.1) is 0 Å². The SMILES string of the molecule is CCNCCNc1cc(F)ccc1F. The molecule has 0 saturated carbocycles. The van der Waals surface area contributed by atoms with E-state index in [0.717, 1.165) is 31.3 Å². The van der Waals surface area contributed by atoms with E-state index in [0.29, 0.717) is 6.54 Å². The smallest absolute Gasteiger partial charge is 0.146 e. The van der Waals surface area contributed by atoms with Crippen molar-refractivity contribution in [1.82, 2.24) is 5.32 Å². The Labute approximate surface area is 82.3 Å². The Hall–Kier alpha value is -1.16. The minimum atomic E-state index is -0.433. The molecule has 1 aromatic rings. The Morgan fingerprint density at radius 2 is 2.00 bits per heavy atom. The summed E-state index contributed by atoms with van der Waals surface area (Å²) in [6.07, 6.45) is 0. The van der Waals surface area contributed by atoms with Crippen molar-refractivity contribution >= 4 is 5.69 Å². The normalized spacial score (nSPS) is 10.2. The van der Waals surface area contributed by atoms with Crippen LogP contribution in [-0.4, -0.2) is 19.6 Å². The summed E-state index contributed by atoms with van der Waals surface area (Å²) in [5.74, 6) is -0.861. The van der Waals surface area contributed by atoms with Crippen LogP contribution in [0.2, 0.25) is 0 Å². The van der Waals surface area contributed by atoms with Gasteiger partial charge in [-0.1, -0.05) is 6.92 Å². The molecule has 1 aromatic carbocycles. The summed E-state index contributed by atoms with van der Waals surface area (Å²) in [6.45, 7) is 4.16. The largest absolute Gasteiger partial charge is 0.381 e. The molecule has 2 N–H and O–H groups in total. The number of hydrogen-bond acceptors (Lipinski definition) is 2. The maximum atomic E-state index is 13.0. The van der Waals surface area contributed by atoms with Gasteiger partial charge in [0.15, 0.2) is 0 Å². The van der Waals surface area contributed by atoms with Gasteiger partial charge in [-0.25, -0.2) is 8.78 Å². The third-order valence-corrected chi connectivity index (χ3v) is 1.80. The maximum absolute atomic E-state index is 13.0. The predicted molar refractivity (Wildman–Crippen MR) is 53.4 cm³/mol. The van der Waals surface area contributed by atoms with Crippen molar-refractivity contribution in [1.29, 1.82) is 0 Å². The van der Waals surface area contributed by atoms with E-state index in [9.17, 15) is 8.78 Å². The van der Waals surface area contributed by atoms with Crippen molar-refractivity contribution in [3.63, 3.8) is 0 Å². The summed E-state index contributed by atoms with van der Waals surface area (Å²) in [5.41, 5.74) is 0.211. The van der Waals surface area contributed by atoms with Gasteiger partial charge in [-0.05, 0) is 24.7 Å². The Kier molecular flexibility index (Phi) is 4.32. The van der Waals surface area contributed by atoms with Gasteiger partial charge in [0.25, 0.3) is 0 Å². The van der Waals surface area contributed by atoms with Crippen molar-refractivity contribution in [2.75, 3.05) is 25.0 Å². The fourth-order valence-corrected chi connectivity index (χ4v) is 1.10. The second-order valence-corrected chi connectivity index (χ2v) is 2.90. The first kappa shape index (κ1) is 10.9. The highest BCUT2D eigenvalue weighted by molar-refractivity contribution is 5.44. The highest BCUT2D eigenvalue weighted by Crippen LogP contribution is 2.14. The van der Waals surface area contributed by atoms with Crippen LogP contribution in [0.1, 0.15) is 6.92 Å². The molecule has 0 radical (unpaired) electrons. The molecule has 0 fully saturated rings. The molecule has 0 heterocycles. The van der Waals surface area contributed by atoms with Gasteiger partial charge in [0.2, 0.25) is 0 Å². The molecule has 4 heteroatoms. The van der Waals surface area contributed by atoms with Gasteiger partial charge in [-0.2, -0.15) is 0 Å². The minimum Gasteiger partial charge on any atom is -0.381 e. The zero-order valence-corrected chi connectivity index (χ0v) is 8.11. The monoisotopic (exact) mass is 200 g/mol. The van der Waals surface area contributed by atoms with E-state index in [1.807, 2.05) is 6.92 Å². The first-order valence-corrected chi connectivity index (χ1v) is 4.63. The Balaban J connectivity index is 2.45. The third kappa shape index (κ3) is 3.30. The summed E-state index contributed by atoms with van der Waals surface area (Å²) in [7, 11) is 0. The lowest BCUT2D eigenvalue weighted by atomic mass is 10.3. The maximum Gasteiger partial charge on any atom is 0.146 e. The molecule has 0 bridgehead atoms. The molecule has 14 heavy (non-hydrogen) atoms. The lowest BCUT2D eigenvalue weighted by Crippen LogP contribution is -2.21. The Morgan fingerprint density at radius 3 is 2.71 bits per heavy atom. The van der Waals surface area contributed by atoms with E-state index in [-0.39, 0.29) is 5.69 Å². The van der Waals surface area contributed by atoms with Gasteiger partial charge in [0, 0.05) is 13.1 Å². The van der Waals surface area contributed by atoms with E-state index >= 15 is 0 Å². The predicted octanol–water partition coefficient (Wildman–Crippen LogP) is 1.99. The molecule has 0 aliphatic heterocycles. The van der Waals surface area contributed by atoms with Crippen LogP contribution >= 0.6 is 0 Å². The van der Waals surface area contributed by atoms with E-state index in [1.165, 1.54) is 0 Å². The molecule has 0 saturated heterocycles.